The zero-order valence-corrected chi connectivity index (χ0v) is 13.2. The zero-order valence-electron chi connectivity index (χ0n) is 12.4. The van der Waals surface area contributed by atoms with Gasteiger partial charge in [0.15, 0.2) is 5.82 Å². The van der Waals surface area contributed by atoms with E-state index in [1.807, 2.05) is 0 Å². The van der Waals surface area contributed by atoms with Crippen molar-refractivity contribution in [1.82, 2.24) is 9.97 Å². The van der Waals surface area contributed by atoms with Gasteiger partial charge in [0.1, 0.15) is 22.8 Å². The number of aromatic nitrogens is 2. The second-order valence-electron chi connectivity index (χ2n) is 6.45. The van der Waals surface area contributed by atoms with Crippen molar-refractivity contribution >= 4 is 23.2 Å². The van der Waals surface area contributed by atoms with Gasteiger partial charge >= 0.3 is 0 Å². The van der Waals surface area contributed by atoms with E-state index < -0.39 is 0 Å². The summed E-state index contributed by atoms with van der Waals surface area (Å²) in [5.74, 6) is 0.977. The minimum absolute atomic E-state index is 0.303. The lowest BCUT2D eigenvalue weighted by Gasteiger charge is -2.51. The maximum atomic E-state index is 6.34. The third-order valence-corrected chi connectivity index (χ3v) is 4.29. The Balaban J connectivity index is 1.93. The second kappa shape index (κ2) is 5.26. The molecule has 1 unspecified atom stereocenters. The van der Waals surface area contributed by atoms with Gasteiger partial charge < -0.3 is 20.1 Å². The van der Waals surface area contributed by atoms with Crippen LogP contribution in [0.15, 0.2) is 6.33 Å². The molecule has 6 nitrogen and oxygen atoms in total. The van der Waals surface area contributed by atoms with Crippen LogP contribution in [0.5, 0.6) is 0 Å². The highest BCUT2D eigenvalue weighted by molar-refractivity contribution is 6.35. The molecular formula is C14H21ClN4O2. The largest absolute Gasteiger partial charge is 0.382 e. The van der Waals surface area contributed by atoms with Crippen molar-refractivity contribution in [3.05, 3.63) is 11.3 Å². The van der Waals surface area contributed by atoms with Crippen LogP contribution in [0.4, 0.5) is 11.6 Å². The topological polar surface area (TPSA) is 73.5 Å². The number of ether oxygens (including phenoxy) is 2. The molecule has 1 aromatic rings. The Morgan fingerprint density at radius 2 is 2.14 bits per heavy atom. The molecule has 1 atom stereocenters. The van der Waals surface area contributed by atoms with E-state index in [0.29, 0.717) is 36.4 Å². The fourth-order valence-electron chi connectivity index (χ4n) is 3.29. The van der Waals surface area contributed by atoms with Crippen LogP contribution in [0.2, 0.25) is 5.02 Å². The maximum absolute atomic E-state index is 6.34. The molecule has 0 bridgehead atoms. The Morgan fingerprint density at radius 3 is 2.86 bits per heavy atom. The van der Waals surface area contributed by atoms with E-state index in [-0.39, 0.29) is 11.2 Å². The van der Waals surface area contributed by atoms with Gasteiger partial charge in [-0.25, -0.2) is 9.97 Å². The minimum atomic E-state index is -0.304. The summed E-state index contributed by atoms with van der Waals surface area (Å²) in [6, 6.07) is 0. The smallest absolute Gasteiger partial charge is 0.153 e. The molecule has 0 amide bonds. The van der Waals surface area contributed by atoms with E-state index in [9.17, 15) is 0 Å². The summed E-state index contributed by atoms with van der Waals surface area (Å²) in [5, 5.41) is 0.405. The predicted octanol–water partition coefficient (Wildman–Crippen LogP) is 1.88. The molecule has 7 heteroatoms. The van der Waals surface area contributed by atoms with Gasteiger partial charge in [-0.3, -0.25) is 0 Å². The number of anilines is 2. The molecule has 3 rings (SSSR count). The molecule has 0 radical (unpaired) electrons. The summed E-state index contributed by atoms with van der Waals surface area (Å²) in [5.41, 5.74) is 5.19. The summed E-state index contributed by atoms with van der Waals surface area (Å²) >= 11 is 6.28. The fraction of sp³-hybridized carbons (Fsp3) is 0.714. The maximum Gasteiger partial charge on any atom is 0.153 e. The van der Waals surface area contributed by atoms with Crippen molar-refractivity contribution in [1.29, 1.82) is 0 Å². The van der Waals surface area contributed by atoms with Gasteiger partial charge in [0.2, 0.25) is 0 Å². The molecule has 2 aliphatic rings. The van der Waals surface area contributed by atoms with Crippen molar-refractivity contribution < 1.29 is 9.47 Å². The van der Waals surface area contributed by atoms with Crippen LogP contribution in [0.1, 0.15) is 26.7 Å². The van der Waals surface area contributed by atoms with Crippen molar-refractivity contribution in [3.63, 3.8) is 0 Å². The first kappa shape index (κ1) is 14.8. The molecule has 0 aliphatic carbocycles. The Bertz CT molecular complexity index is 532. The molecule has 116 valence electrons. The summed E-state index contributed by atoms with van der Waals surface area (Å²) in [4.78, 5) is 10.4. The zero-order chi connectivity index (χ0) is 15.1. The highest BCUT2D eigenvalue weighted by Crippen LogP contribution is 2.38. The van der Waals surface area contributed by atoms with Crippen LogP contribution in [0.25, 0.3) is 0 Å². The van der Waals surface area contributed by atoms with Gasteiger partial charge in [-0.2, -0.15) is 0 Å². The standard InChI is InChI=1S/C14H21ClN4O2/c1-13(2)6-19(12-10(15)11(16)17-9-18-12)7-14(21-13)4-3-5-20-8-14/h9H,3-8H2,1-2H3,(H2,16,17,18). The molecule has 1 aromatic heterocycles. The number of halogens is 1. The first-order valence-corrected chi connectivity index (χ1v) is 7.58. The second-order valence-corrected chi connectivity index (χ2v) is 6.83. The number of nitrogen functional groups attached to an aromatic ring is 1. The highest BCUT2D eigenvalue weighted by atomic mass is 35.5. The molecule has 0 saturated carbocycles. The SMILES string of the molecule is CC1(C)CN(c2ncnc(N)c2Cl)CC2(CCCOC2)O1. The van der Waals surface area contributed by atoms with Crippen molar-refractivity contribution in [2.75, 3.05) is 36.9 Å². The first-order valence-electron chi connectivity index (χ1n) is 7.20. The van der Waals surface area contributed by atoms with Crippen molar-refractivity contribution in [2.45, 2.75) is 37.9 Å². The van der Waals surface area contributed by atoms with E-state index in [4.69, 9.17) is 26.8 Å². The van der Waals surface area contributed by atoms with Gasteiger partial charge in [0.25, 0.3) is 0 Å². The number of nitrogens with zero attached hydrogens (tertiary/aromatic N) is 3. The number of nitrogens with two attached hydrogens (primary N) is 1. The predicted molar refractivity (Wildman–Crippen MR) is 81.6 cm³/mol. The quantitative estimate of drug-likeness (QED) is 0.853. The van der Waals surface area contributed by atoms with Crippen LogP contribution >= 0.6 is 11.6 Å². The van der Waals surface area contributed by atoms with E-state index >= 15 is 0 Å². The van der Waals surface area contributed by atoms with Gasteiger partial charge in [0, 0.05) is 13.2 Å². The Kier molecular flexibility index (Phi) is 3.71. The molecule has 1 spiro atoms. The van der Waals surface area contributed by atoms with E-state index in [1.54, 1.807) is 0 Å². The summed E-state index contributed by atoms with van der Waals surface area (Å²) in [6.45, 7) is 6.96. The van der Waals surface area contributed by atoms with E-state index in [0.717, 1.165) is 19.4 Å². The molecule has 2 aliphatic heterocycles. The number of hydrogen-bond acceptors (Lipinski definition) is 6. The summed E-state index contributed by atoms with van der Waals surface area (Å²) < 4.78 is 12.0. The van der Waals surface area contributed by atoms with Crippen molar-refractivity contribution in [3.8, 4) is 0 Å². The molecular weight excluding hydrogens is 292 g/mol. The lowest BCUT2D eigenvalue weighted by atomic mass is 9.90. The molecule has 2 N–H and O–H groups in total. The molecule has 2 saturated heterocycles. The van der Waals surface area contributed by atoms with Crippen LogP contribution in [0.3, 0.4) is 0 Å². The number of morpholine rings is 1. The van der Waals surface area contributed by atoms with E-state index in [2.05, 4.69) is 28.7 Å². The Hall–Kier alpha value is -1.11. The highest BCUT2D eigenvalue weighted by Gasteiger charge is 2.46. The third kappa shape index (κ3) is 2.93. The van der Waals surface area contributed by atoms with Gasteiger partial charge in [-0.15, -0.1) is 0 Å². The molecule has 3 heterocycles. The number of rotatable bonds is 1. The first-order chi connectivity index (χ1) is 9.91. The average molecular weight is 313 g/mol. The lowest BCUT2D eigenvalue weighted by molar-refractivity contribution is -0.197. The van der Waals surface area contributed by atoms with Crippen LogP contribution < -0.4 is 10.6 Å². The van der Waals surface area contributed by atoms with Gasteiger partial charge in [-0.1, -0.05) is 11.6 Å². The minimum Gasteiger partial charge on any atom is -0.382 e. The van der Waals surface area contributed by atoms with E-state index in [1.165, 1.54) is 6.33 Å². The van der Waals surface area contributed by atoms with Crippen LogP contribution in [-0.2, 0) is 9.47 Å². The van der Waals surface area contributed by atoms with Crippen LogP contribution in [0, 0.1) is 0 Å². The van der Waals surface area contributed by atoms with Crippen molar-refractivity contribution in [2.24, 2.45) is 0 Å². The summed E-state index contributed by atoms with van der Waals surface area (Å²) in [7, 11) is 0. The normalized spacial score (nSPS) is 28.8. The Labute approximate surface area is 129 Å². The van der Waals surface area contributed by atoms with Gasteiger partial charge in [-0.05, 0) is 26.7 Å². The molecule has 2 fully saturated rings. The Morgan fingerprint density at radius 1 is 1.33 bits per heavy atom. The molecule has 21 heavy (non-hydrogen) atoms. The van der Waals surface area contributed by atoms with Gasteiger partial charge in [0.05, 0.1) is 18.8 Å². The monoisotopic (exact) mass is 312 g/mol. The lowest BCUT2D eigenvalue weighted by Crippen LogP contribution is -2.62. The number of hydrogen-bond donors (Lipinski definition) is 1. The summed E-state index contributed by atoms with van der Waals surface area (Å²) in [6.07, 6.45) is 3.43. The third-order valence-electron chi connectivity index (χ3n) is 3.93. The molecule has 0 aromatic carbocycles. The fourth-order valence-corrected chi connectivity index (χ4v) is 3.51. The van der Waals surface area contributed by atoms with Crippen LogP contribution in [-0.4, -0.2) is 47.5 Å². The average Bonchev–Trinajstić information content (AvgIpc) is 2.40.